The topological polar surface area (TPSA) is 43.3 Å². The fourth-order valence-electron chi connectivity index (χ4n) is 5.88. The molecule has 4 aliphatic carbocycles. The van der Waals surface area contributed by atoms with Gasteiger partial charge in [-0.15, -0.1) is 0 Å². The Balaban J connectivity index is 1.42. The molecule has 0 amide bonds. The van der Waals surface area contributed by atoms with Crippen LogP contribution in [0.2, 0.25) is 0 Å². The molecule has 4 aliphatic rings. The van der Waals surface area contributed by atoms with Crippen LogP contribution in [0.5, 0.6) is 0 Å². The molecule has 0 spiro atoms. The highest BCUT2D eigenvalue weighted by atomic mass is 32.1. The number of nitrogens with zero attached hydrogens (tertiary/aromatic N) is 3. The molecule has 0 aliphatic heterocycles. The van der Waals surface area contributed by atoms with Gasteiger partial charge in [-0.05, 0) is 68.4 Å². The molecule has 0 aromatic carbocycles. The quantitative estimate of drug-likeness (QED) is 0.696. The van der Waals surface area contributed by atoms with Gasteiger partial charge in [0, 0.05) is 5.41 Å². The monoisotopic (exact) mass is 325 g/mol. The number of fused-ring (bicyclic) bond motifs is 1. The van der Waals surface area contributed by atoms with E-state index in [0.717, 1.165) is 33.5 Å². The normalized spacial score (nSPS) is 35.4. The molecule has 0 radical (unpaired) electrons. The number of hydrogen-bond acceptors (Lipinski definition) is 4. The number of hydrogen-bond donors (Lipinski definition) is 0. The average molecular weight is 325 g/mol. The van der Waals surface area contributed by atoms with E-state index >= 15 is 0 Å². The van der Waals surface area contributed by atoms with Crippen molar-refractivity contribution in [2.45, 2.75) is 43.9 Å². The van der Waals surface area contributed by atoms with Crippen LogP contribution in [0.4, 0.5) is 0 Å². The molecule has 7 rings (SSSR count). The van der Waals surface area contributed by atoms with Crippen LogP contribution in [-0.2, 0) is 5.41 Å². The lowest BCUT2D eigenvalue weighted by Crippen LogP contribution is -2.48. The number of furan rings is 1. The first-order chi connectivity index (χ1) is 11.3. The first-order valence-electron chi connectivity index (χ1n) is 8.68. The molecule has 0 atom stereocenters. The second-order valence-corrected chi connectivity index (χ2v) is 8.89. The minimum Gasteiger partial charge on any atom is -0.462 e. The van der Waals surface area contributed by atoms with Gasteiger partial charge in [0.05, 0.1) is 18.2 Å². The van der Waals surface area contributed by atoms with Gasteiger partial charge in [-0.1, -0.05) is 11.3 Å². The summed E-state index contributed by atoms with van der Waals surface area (Å²) in [4.78, 5) is 6.01. The van der Waals surface area contributed by atoms with Crippen molar-refractivity contribution < 1.29 is 4.42 Å². The summed E-state index contributed by atoms with van der Waals surface area (Å²) in [5, 5.41) is 5.59. The van der Waals surface area contributed by atoms with Gasteiger partial charge in [0.2, 0.25) is 4.96 Å². The summed E-state index contributed by atoms with van der Waals surface area (Å²) in [5.41, 5.74) is 1.66. The summed E-state index contributed by atoms with van der Waals surface area (Å²) < 4.78 is 7.42. The molecule has 0 N–H and O–H groups in total. The van der Waals surface area contributed by atoms with Crippen LogP contribution in [-0.4, -0.2) is 14.6 Å². The summed E-state index contributed by atoms with van der Waals surface area (Å²) in [6.07, 6.45) is 12.4. The molecule has 23 heavy (non-hydrogen) atoms. The maximum Gasteiger partial charge on any atom is 0.212 e. The Morgan fingerprint density at radius 2 is 1.87 bits per heavy atom. The van der Waals surface area contributed by atoms with E-state index in [0.29, 0.717) is 5.41 Å². The zero-order valence-electron chi connectivity index (χ0n) is 12.9. The fourth-order valence-corrected chi connectivity index (χ4v) is 6.73. The van der Waals surface area contributed by atoms with E-state index in [9.17, 15) is 0 Å². The van der Waals surface area contributed by atoms with Gasteiger partial charge >= 0.3 is 0 Å². The van der Waals surface area contributed by atoms with Crippen LogP contribution in [0.1, 0.15) is 44.2 Å². The summed E-state index contributed by atoms with van der Waals surface area (Å²) in [5.74, 6) is 3.68. The first-order valence-corrected chi connectivity index (χ1v) is 9.50. The van der Waals surface area contributed by atoms with E-state index < -0.39 is 0 Å². The molecule has 4 fully saturated rings. The van der Waals surface area contributed by atoms with Gasteiger partial charge in [0.25, 0.3) is 0 Å². The van der Waals surface area contributed by atoms with Crippen molar-refractivity contribution in [2.75, 3.05) is 0 Å². The van der Waals surface area contributed by atoms with Crippen LogP contribution in [0, 0.1) is 17.8 Å². The van der Waals surface area contributed by atoms with E-state index in [2.05, 4.69) is 11.3 Å². The molecule has 3 aromatic rings. The predicted octanol–water partition coefficient (Wildman–Crippen LogP) is 4.52. The van der Waals surface area contributed by atoms with Gasteiger partial charge < -0.3 is 4.42 Å². The third-order valence-electron chi connectivity index (χ3n) is 6.36. The molecule has 0 unspecified atom stereocenters. The van der Waals surface area contributed by atoms with E-state index in [4.69, 9.17) is 9.40 Å². The molecule has 3 aromatic heterocycles. The van der Waals surface area contributed by atoms with Crippen LogP contribution in [0.15, 0.2) is 29.0 Å². The van der Waals surface area contributed by atoms with Gasteiger partial charge in [0.1, 0.15) is 0 Å². The zero-order valence-corrected chi connectivity index (χ0v) is 13.8. The Morgan fingerprint density at radius 3 is 2.48 bits per heavy atom. The molecule has 5 heteroatoms. The zero-order chi connectivity index (χ0) is 15.0. The first kappa shape index (κ1) is 12.8. The van der Waals surface area contributed by atoms with Gasteiger partial charge in [-0.2, -0.15) is 5.10 Å². The summed E-state index contributed by atoms with van der Waals surface area (Å²) >= 11 is 1.63. The Morgan fingerprint density at radius 1 is 1.13 bits per heavy atom. The SMILES string of the molecule is c1coc(-c2nn3cc(C45CC6CC(CC(C6)C4)C5)nc3s2)c1. The predicted molar refractivity (Wildman–Crippen MR) is 88.4 cm³/mol. The lowest BCUT2D eigenvalue weighted by atomic mass is 9.49. The number of imidazole rings is 1. The van der Waals surface area contributed by atoms with E-state index in [1.165, 1.54) is 44.2 Å². The molecular formula is C18H19N3OS. The Kier molecular flexibility index (Phi) is 2.36. The van der Waals surface area contributed by atoms with E-state index in [1.54, 1.807) is 17.6 Å². The molecular weight excluding hydrogens is 306 g/mol. The second kappa shape index (κ2) is 4.26. The van der Waals surface area contributed by atoms with E-state index in [-0.39, 0.29) is 0 Å². The average Bonchev–Trinajstić information content (AvgIpc) is 3.21. The summed E-state index contributed by atoms with van der Waals surface area (Å²) in [6, 6.07) is 3.86. The van der Waals surface area contributed by atoms with Crippen LogP contribution < -0.4 is 0 Å². The molecule has 4 saturated carbocycles. The number of rotatable bonds is 2. The largest absolute Gasteiger partial charge is 0.462 e. The highest BCUT2D eigenvalue weighted by Gasteiger charge is 2.52. The Labute approximate surface area is 138 Å². The van der Waals surface area contributed by atoms with Crippen molar-refractivity contribution in [1.82, 2.24) is 14.6 Å². The molecule has 3 heterocycles. The maximum absolute atomic E-state index is 5.46. The standard InChI is InChI=1S/C18H19N3OS/c1-2-14(22-3-1)16-20-21-10-15(19-17(21)23-16)18-7-11-4-12(8-18)6-13(5-11)9-18/h1-3,10-13H,4-9H2. The van der Waals surface area contributed by atoms with Crippen molar-refractivity contribution >= 4 is 16.3 Å². The fraction of sp³-hybridized carbons (Fsp3) is 0.556. The Bertz CT molecular complexity index is 809. The van der Waals surface area contributed by atoms with E-state index in [1.807, 2.05) is 16.6 Å². The molecule has 0 saturated heterocycles. The summed E-state index contributed by atoms with van der Waals surface area (Å²) in [7, 11) is 0. The van der Waals surface area contributed by atoms with Crippen molar-refractivity contribution in [3.63, 3.8) is 0 Å². The number of aromatic nitrogens is 3. The van der Waals surface area contributed by atoms with Crippen molar-refractivity contribution in [3.8, 4) is 10.8 Å². The molecule has 4 bridgehead atoms. The molecule has 118 valence electrons. The molecule has 4 nitrogen and oxygen atoms in total. The third kappa shape index (κ3) is 1.77. The maximum atomic E-state index is 5.46. The highest BCUT2D eigenvalue weighted by molar-refractivity contribution is 7.19. The lowest BCUT2D eigenvalue weighted by Gasteiger charge is -2.56. The van der Waals surface area contributed by atoms with Crippen LogP contribution >= 0.6 is 11.3 Å². The van der Waals surface area contributed by atoms with Gasteiger partial charge in [-0.25, -0.2) is 9.50 Å². The summed E-state index contributed by atoms with van der Waals surface area (Å²) in [6.45, 7) is 0. The smallest absolute Gasteiger partial charge is 0.212 e. The van der Waals surface area contributed by atoms with Crippen molar-refractivity contribution in [1.29, 1.82) is 0 Å². The Hall–Kier alpha value is -1.62. The lowest BCUT2D eigenvalue weighted by molar-refractivity contribution is -0.00698. The minimum absolute atomic E-state index is 0.354. The second-order valence-electron chi connectivity index (χ2n) is 7.94. The van der Waals surface area contributed by atoms with Gasteiger partial charge in [0.15, 0.2) is 10.8 Å². The third-order valence-corrected chi connectivity index (χ3v) is 7.29. The van der Waals surface area contributed by atoms with Crippen molar-refractivity contribution in [3.05, 3.63) is 30.3 Å². The van der Waals surface area contributed by atoms with Crippen LogP contribution in [0.25, 0.3) is 15.7 Å². The van der Waals surface area contributed by atoms with Crippen LogP contribution in [0.3, 0.4) is 0 Å². The minimum atomic E-state index is 0.354. The van der Waals surface area contributed by atoms with Gasteiger partial charge in [-0.3, -0.25) is 0 Å². The highest BCUT2D eigenvalue weighted by Crippen LogP contribution is 2.60. The van der Waals surface area contributed by atoms with Crippen molar-refractivity contribution in [2.24, 2.45) is 17.8 Å².